The van der Waals surface area contributed by atoms with Crippen molar-refractivity contribution in [3.63, 3.8) is 0 Å². The lowest BCUT2D eigenvalue weighted by Gasteiger charge is -2.22. The molecule has 1 unspecified atom stereocenters. The summed E-state index contributed by atoms with van der Waals surface area (Å²) in [6.45, 7) is 1.16. The van der Waals surface area contributed by atoms with Crippen LogP contribution in [0.1, 0.15) is 54.2 Å². The lowest BCUT2D eigenvalue weighted by molar-refractivity contribution is -0.124. The second kappa shape index (κ2) is 8.18. The predicted octanol–water partition coefficient (Wildman–Crippen LogP) is 3.78. The maximum atomic E-state index is 12.3. The minimum absolute atomic E-state index is 0.00234. The number of thiophene rings is 1. The van der Waals surface area contributed by atoms with Crippen molar-refractivity contribution in [3.8, 4) is 5.88 Å². The molecule has 0 aromatic carbocycles. The van der Waals surface area contributed by atoms with Crippen molar-refractivity contribution in [3.05, 3.63) is 45.8 Å². The van der Waals surface area contributed by atoms with Gasteiger partial charge in [0.1, 0.15) is 12.2 Å². The number of ether oxygens (including phenoxy) is 2. The number of nitrogens with zero attached hydrogens (tertiary/aromatic N) is 1. The number of carbonyl (C=O) groups is 1. The third-order valence-electron chi connectivity index (χ3n) is 5.01. The van der Waals surface area contributed by atoms with Crippen LogP contribution in [0.5, 0.6) is 5.88 Å². The largest absolute Gasteiger partial charge is 0.474 e. The molecule has 1 aliphatic heterocycles. The Balaban J connectivity index is 1.25. The van der Waals surface area contributed by atoms with Crippen molar-refractivity contribution in [1.29, 1.82) is 0 Å². The summed E-state index contributed by atoms with van der Waals surface area (Å²) in [6.07, 6.45) is 8.01. The SMILES string of the molecule is O=C(CC1OCCc2ccsc21)NCc1ccc(OC2CCCC2)nc1. The second-order valence-corrected chi connectivity index (χ2v) is 7.88. The van der Waals surface area contributed by atoms with Gasteiger partial charge in [-0.25, -0.2) is 4.98 Å². The molecule has 1 N–H and O–H groups in total. The zero-order valence-electron chi connectivity index (χ0n) is 14.8. The lowest BCUT2D eigenvalue weighted by atomic mass is 10.1. The molecule has 6 heteroatoms. The van der Waals surface area contributed by atoms with E-state index in [4.69, 9.17) is 9.47 Å². The van der Waals surface area contributed by atoms with E-state index in [2.05, 4.69) is 21.7 Å². The first-order valence-corrected chi connectivity index (χ1v) is 10.2. The molecule has 0 bridgehead atoms. The summed E-state index contributed by atoms with van der Waals surface area (Å²) in [7, 11) is 0. The average molecular weight is 372 g/mol. The summed E-state index contributed by atoms with van der Waals surface area (Å²) in [5.74, 6) is 0.676. The molecule has 1 aliphatic carbocycles. The van der Waals surface area contributed by atoms with Gasteiger partial charge in [0.25, 0.3) is 0 Å². The molecule has 2 aliphatic rings. The number of aromatic nitrogens is 1. The van der Waals surface area contributed by atoms with Crippen LogP contribution in [0.15, 0.2) is 29.8 Å². The third kappa shape index (κ3) is 4.24. The topological polar surface area (TPSA) is 60.5 Å². The molecule has 3 heterocycles. The van der Waals surface area contributed by atoms with E-state index < -0.39 is 0 Å². The van der Waals surface area contributed by atoms with E-state index >= 15 is 0 Å². The van der Waals surface area contributed by atoms with Crippen LogP contribution in [-0.4, -0.2) is 23.6 Å². The van der Waals surface area contributed by atoms with Gasteiger partial charge in [0.05, 0.1) is 13.0 Å². The Labute approximate surface area is 157 Å². The number of pyridine rings is 1. The Hall–Kier alpha value is -1.92. The summed E-state index contributed by atoms with van der Waals surface area (Å²) in [5, 5.41) is 5.04. The standard InChI is InChI=1S/C20H24N2O3S/c23-18(11-17-20-15(7-9-24-17)8-10-26-20)21-12-14-5-6-19(22-13-14)25-16-3-1-2-4-16/h5-6,8,10,13,16-17H,1-4,7,9,11-12H2,(H,21,23). The molecule has 0 radical (unpaired) electrons. The van der Waals surface area contributed by atoms with E-state index in [1.807, 2.05) is 12.1 Å². The fraction of sp³-hybridized carbons (Fsp3) is 0.500. The van der Waals surface area contributed by atoms with Gasteiger partial charge in [-0.15, -0.1) is 11.3 Å². The Morgan fingerprint density at radius 1 is 1.31 bits per heavy atom. The molecular formula is C20H24N2O3S. The van der Waals surface area contributed by atoms with E-state index in [0.717, 1.165) is 24.8 Å². The number of hydrogen-bond donors (Lipinski definition) is 1. The van der Waals surface area contributed by atoms with Gasteiger partial charge in [0.2, 0.25) is 11.8 Å². The highest BCUT2D eigenvalue weighted by Crippen LogP contribution is 2.33. The van der Waals surface area contributed by atoms with E-state index in [-0.39, 0.29) is 12.0 Å². The minimum atomic E-state index is -0.112. The van der Waals surface area contributed by atoms with Crippen LogP contribution in [0.3, 0.4) is 0 Å². The summed E-state index contributed by atoms with van der Waals surface area (Å²) >= 11 is 1.68. The van der Waals surface area contributed by atoms with Crippen LogP contribution >= 0.6 is 11.3 Å². The third-order valence-corrected chi connectivity index (χ3v) is 6.06. The average Bonchev–Trinajstić information content (AvgIpc) is 3.33. The van der Waals surface area contributed by atoms with Gasteiger partial charge in [-0.2, -0.15) is 0 Å². The summed E-state index contributed by atoms with van der Waals surface area (Å²) in [4.78, 5) is 17.8. The number of hydrogen-bond acceptors (Lipinski definition) is 5. The highest BCUT2D eigenvalue weighted by atomic mass is 32.1. The molecule has 26 heavy (non-hydrogen) atoms. The molecule has 5 nitrogen and oxygen atoms in total. The monoisotopic (exact) mass is 372 g/mol. The molecule has 1 saturated carbocycles. The summed E-state index contributed by atoms with van der Waals surface area (Å²) < 4.78 is 11.7. The van der Waals surface area contributed by atoms with E-state index in [1.165, 1.54) is 23.3 Å². The Bertz CT molecular complexity index is 738. The summed E-state index contributed by atoms with van der Waals surface area (Å²) in [6, 6.07) is 5.99. The molecule has 2 aromatic rings. The van der Waals surface area contributed by atoms with Crippen LogP contribution in [0.25, 0.3) is 0 Å². The smallest absolute Gasteiger partial charge is 0.223 e. The highest BCUT2D eigenvalue weighted by Gasteiger charge is 2.24. The van der Waals surface area contributed by atoms with Gasteiger partial charge in [0.15, 0.2) is 0 Å². The number of carbonyl (C=O) groups excluding carboxylic acids is 1. The Kier molecular flexibility index (Phi) is 5.51. The first kappa shape index (κ1) is 17.5. The molecule has 1 amide bonds. The molecule has 2 aromatic heterocycles. The molecule has 1 atom stereocenters. The zero-order chi connectivity index (χ0) is 17.8. The first-order valence-electron chi connectivity index (χ1n) is 9.34. The van der Waals surface area contributed by atoms with Crippen LogP contribution in [0.4, 0.5) is 0 Å². The van der Waals surface area contributed by atoms with Crippen molar-refractivity contribution in [1.82, 2.24) is 10.3 Å². The lowest BCUT2D eigenvalue weighted by Crippen LogP contribution is -2.27. The Morgan fingerprint density at radius 2 is 2.19 bits per heavy atom. The van der Waals surface area contributed by atoms with Crippen LogP contribution in [-0.2, 0) is 22.5 Å². The number of amides is 1. The zero-order valence-corrected chi connectivity index (χ0v) is 15.6. The van der Waals surface area contributed by atoms with E-state index in [1.54, 1.807) is 17.5 Å². The fourth-order valence-electron chi connectivity index (χ4n) is 3.58. The molecular weight excluding hydrogens is 348 g/mol. The van der Waals surface area contributed by atoms with Gasteiger partial charge >= 0.3 is 0 Å². The summed E-state index contributed by atoms with van der Waals surface area (Å²) in [5.41, 5.74) is 2.29. The first-order chi connectivity index (χ1) is 12.8. The fourth-order valence-corrected chi connectivity index (χ4v) is 4.58. The molecule has 0 saturated heterocycles. The molecule has 4 rings (SSSR count). The molecule has 0 spiro atoms. The van der Waals surface area contributed by atoms with Crippen LogP contribution in [0.2, 0.25) is 0 Å². The van der Waals surface area contributed by atoms with Crippen molar-refractivity contribution < 1.29 is 14.3 Å². The second-order valence-electron chi connectivity index (χ2n) is 6.93. The van der Waals surface area contributed by atoms with Crippen LogP contribution < -0.4 is 10.1 Å². The van der Waals surface area contributed by atoms with E-state index in [0.29, 0.717) is 31.6 Å². The highest BCUT2D eigenvalue weighted by molar-refractivity contribution is 7.10. The van der Waals surface area contributed by atoms with Gasteiger partial charge in [-0.3, -0.25) is 4.79 Å². The van der Waals surface area contributed by atoms with Crippen molar-refractivity contribution in [2.45, 2.75) is 57.3 Å². The minimum Gasteiger partial charge on any atom is -0.474 e. The molecule has 138 valence electrons. The van der Waals surface area contributed by atoms with Crippen LogP contribution in [0, 0.1) is 0 Å². The number of nitrogens with one attached hydrogen (secondary N) is 1. The normalized spacial score (nSPS) is 19.9. The number of rotatable bonds is 6. The van der Waals surface area contributed by atoms with Crippen molar-refractivity contribution >= 4 is 17.2 Å². The predicted molar refractivity (Wildman–Crippen MR) is 100 cm³/mol. The Morgan fingerprint density at radius 3 is 3.00 bits per heavy atom. The van der Waals surface area contributed by atoms with Gasteiger partial charge < -0.3 is 14.8 Å². The molecule has 1 fully saturated rings. The van der Waals surface area contributed by atoms with Gasteiger partial charge in [-0.05, 0) is 54.7 Å². The van der Waals surface area contributed by atoms with Gasteiger partial charge in [0, 0.05) is 23.7 Å². The van der Waals surface area contributed by atoms with E-state index in [9.17, 15) is 4.79 Å². The quantitative estimate of drug-likeness (QED) is 0.838. The van der Waals surface area contributed by atoms with Crippen molar-refractivity contribution in [2.24, 2.45) is 0 Å². The number of fused-ring (bicyclic) bond motifs is 1. The van der Waals surface area contributed by atoms with Crippen molar-refractivity contribution in [2.75, 3.05) is 6.61 Å². The maximum absolute atomic E-state index is 12.3. The maximum Gasteiger partial charge on any atom is 0.223 e. The van der Waals surface area contributed by atoms with Gasteiger partial charge in [-0.1, -0.05) is 6.07 Å².